The molecule has 0 aliphatic heterocycles. The van der Waals surface area contributed by atoms with Crippen molar-refractivity contribution in [3.8, 4) is 0 Å². The van der Waals surface area contributed by atoms with Gasteiger partial charge >= 0.3 is 5.97 Å². The van der Waals surface area contributed by atoms with Gasteiger partial charge in [-0.25, -0.2) is 12.8 Å². The van der Waals surface area contributed by atoms with Crippen LogP contribution in [0.1, 0.15) is 13.8 Å². The van der Waals surface area contributed by atoms with E-state index >= 15 is 0 Å². The van der Waals surface area contributed by atoms with Gasteiger partial charge in [0.2, 0.25) is 0 Å². The molecule has 0 atom stereocenters. The summed E-state index contributed by atoms with van der Waals surface area (Å²) in [5.74, 6) is -2.02. The Bertz CT molecular complexity index is 502. The maximum Gasteiger partial charge on any atom is 0.324 e. The average Bonchev–Trinajstić information content (AvgIpc) is 2.17. The molecule has 16 heavy (non-hydrogen) atoms. The first kappa shape index (κ1) is 12.6. The number of benzene rings is 1. The lowest BCUT2D eigenvalue weighted by molar-refractivity contribution is -0.139. The quantitative estimate of drug-likeness (QED) is 0.820. The van der Waals surface area contributed by atoms with Gasteiger partial charge in [0.1, 0.15) is 5.82 Å². The second-order valence-corrected chi connectivity index (χ2v) is 6.27. The van der Waals surface area contributed by atoms with E-state index in [2.05, 4.69) is 0 Å². The highest BCUT2D eigenvalue weighted by molar-refractivity contribution is 7.93. The highest BCUT2D eigenvalue weighted by atomic mass is 32.2. The molecule has 0 amide bonds. The number of hydrogen-bond donors (Lipinski definition) is 1. The van der Waals surface area contributed by atoms with Crippen molar-refractivity contribution >= 4 is 15.8 Å². The van der Waals surface area contributed by atoms with E-state index in [9.17, 15) is 17.6 Å². The summed E-state index contributed by atoms with van der Waals surface area (Å²) in [6, 6.07) is 4.06. The lowest BCUT2D eigenvalue weighted by atomic mass is 10.2. The lowest BCUT2D eigenvalue weighted by Gasteiger charge is -2.19. The van der Waals surface area contributed by atoms with Crippen molar-refractivity contribution in [2.75, 3.05) is 0 Å². The fourth-order valence-corrected chi connectivity index (χ4v) is 2.34. The summed E-state index contributed by atoms with van der Waals surface area (Å²) >= 11 is 0. The fourth-order valence-electron chi connectivity index (χ4n) is 1.02. The molecule has 1 aromatic carbocycles. The van der Waals surface area contributed by atoms with Gasteiger partial charge in [0, 0.05) is 0 Å². The van der Waals surface area contributed by atoms with Crippen LogP contribution in [0.5, 0.6) is 0 Å². The van der Waals surface area contributed by atoms with E-state index in [4.69, 9.17) is 5.11 Å². The molecule has 4 nitrogen and oxygen atoms in total. The number of aliphatic carboxylic acids is 1. The zero-order chi connectivity index (χ0) is 12.6. The first-order chi connectivity index (χ1) is 7.19. The van der Waals surface area contributed by atoms with Crippen molar-refractivity contribution in [1.82, 2.24) is 0 Å². The monoisotopic (exact) mass is 246 g/mol. The number of carbonyl (C=O) groups is 1. The summed E-state index contributed by atoms with van der Waals surface area (Å²) in [5.41, 5.74) is 0. The number of rotatable bonds is 3. The fraction of sp³-hybridized carbons (Fsp3) is 0.300. The van der Waals surface area contributed by atoms with E-state index < -0.39 is 26.4 Å². The second-order valence-electron chi connectivity index (χ2n) is 3.77. The zero-order valence-electron chi connectivity index (χ0n) is 8.77. The van der Waals surface area contributed by atoms with Gasteiger partial charge in [-0.3, -0.25) is 4.79 Å². The number of sulfone groups is 1. The van der Waals surface area contributed by atoms with Crippen molar-refractivity contribution in [3.05, 3.63) is 30.1 Å². The Hall–Kier alpha value is -1.43. The molecule has 0 bridgehead atoms. The highest BCUT2D eigenvalue weighted by Gasteiger charge is 2.42. The summed E-state index contributed by atoms with van der Waals surface area (Å²) in [6.45, 7) is 2.18. The van der Waals surface area contributed by atoms with Crippen LogP contribution in [0.25, 0.3) is 0 Å². The molecule has 0 aromatic heterocycles. The van der Waals surface area contributed by atoms with Gasteiger partial charge in [-0.15, -0.1) is 0 Å². The van der Waals surface area contributed by atoms with Gasteiger partial charge < -0.3 is 5.11 Å². The van der Waals surface area contributed by atoms with Crippen molar-refractivity contribution in [2.45, 2.75) is 23.5 Å². The molecule has 1 rings (SSSR count). The molecule has 0 saturated heterocycles. The van der Waals surface area contributed by atoms with Crippen LogP contribution in [0.3, 0.4) is 0 Å². The van der Waals surface area contributed by atoms with Gasteiger partial charge in [-0.05, 0) is 38.1 Å². The molecule has 0 unspecified atom stereocenters. The number of carboxylic acids is 1. The lowest BCUT2D eigenvalue weighted by Crippen LogP contribution is -2.40. The van der Waals surface area contributed by atoms with Crippen LogP contribution in [0.2, 0.25) is 0 Å². The number of carboxylic acid groups (broad SMARTS) is 1. The van der Waals surface area contributed by atoms with Crippen molar-refractivity contribution in [2.24, 2.45) is 0 Å². The average molecular weight is 246 g/mol. The summed E-state index contributed by atoms with van der Waals surface area (Å²) in [5, 5.41) is 8.84. The van der Waals surface area contributed by atoms with E-state index in [1.165, 1.54) is 0 Å². The molecule has 0 aliphatic carbocycles. The van der Waals surface area contributed by atoms with Gasteiger partial charge in [0.05, 0.1) is 4.90 Å². The van der Waals surface area contributed by atoms with Crippen LogP contribution in [-0.4, -0.2) is 24.2 Å². The largest absolute Gasteiger partial charge is 0.480 e. The van der Waals surface area contributed by atoms with Crippen molar-refractivity contribution < 1.29 is 22.7 Å². The van der Waals surface area contributed by atoms with E-state index in [0.29, 0.717) is 0 Å². The molecule has 6 heteroatoms. The Morgan fingerprint density at radius 1 is 1.25 bits per heavy atom. The first-order valence-electron chi connectivity index (χ1n) is 4.43. The van der Waals surface area contributed by atoms with Crippen molar-refractivity contribution in [1.29, 1.82) is 0 Å². The summed E-state index contributed by atoms with van der Waals surface area (Å²) < 4.78 is 34.5. The Balaban J connectivity index is 3.33. The van der Waals surface area contributed by atoms with Crippen LogP contribution >= 0.6 is 0 Å². The minimum Gasteiger partial charge on any atom is -0.480 e. The molecular formula is C10H11FO4S. The number of hydrogen-bond acceptors (Lipinski definition) is 3. The van der Waals surface area contributed by atoms with E-state index in [-0.39, 0.29) is 4.90 Å². The SMILES string of the molecule is CC(C)(C(=O)O)S(=O)(=O)c1ccc(F)cc1. The molecule has 1 N–H and O–H groups in total. The van der Waals surface area contributed by atoms with Crippen LogP contribution in [-0.2, 0) is 14.6 Å². The van der Waals surface area contributed by atoms with Crippen LogP contribution in [0.4, 0.5) is 4.39 Å². The van der Waals surface area contributed by atoms with Crippen LogP contribution in [0.15, 0.2) is 29.2 Å². The van der Waals surface area contributed by atoms with Gasteiger partial charge in [0.15, 0.2) is 14.6 Å². The molecule has 0 heterocycles. The smallest absolute Gasteiger partial charge is 0.324 e. The summed E-state index contributed by atoms with van der Waals surface area (Å²) in [6.07, 6.45) is 0. The number of halogens is 1. The van der Waals surface area contributed by atoms with E-state index in [1.54, 1.807) is 0 Å². The second kappa shape index (κ2) is 3.86. The Kier molecular flexibility index (Phi) is 3.05. The van der Waals surface area contributed by atoms with E-state index in [1.807, 2.05) is 0 Å². The molecule has 0 fully saturated rings. The third-order valence-electron chi connectivity index (χ3n) is 2.31. The van der Waals surface area contributed by atoms with Gasteiger partial charge in [-0.2, -0.15) is 0 Å². The zero-order valence-corrected chi connectivity index (χ0v) is 9.58. The summed E-state index contributed by atoms with van der Waals surface area (Å²) in [4.78, 5) is 10.6. The molecule has 0 aliphatic rings. The Labute approximate surface area is 92.6 Å². The first-order valence-corrected chi connectivity index (χ1v) is 5.91. The van der Waals surface area contributed by atoms with Crippen LogP contribution in [0, 0.1) is 5.82 Å². The molecule has 88 valence electrons. The Morgan fingerprint density at radius 3 is 2.06 bits per heavy atom. The maximum atomic E-state index is 12.6. The van der Waals surface area contributed by atoms with Gasteiger partial charge in [0.25, 0.3) is 0 Å². The normalized spacial score (nSPS) is 12.4. The van der Waals surface area contributed by atoms with Crippen molar-refractivity contribution in [3.63, 3.8) is 0 Å². The molecule has 0 spiro atoms. The standard InChI is InChI=1S/C10H11FO4S/c1-10(2,9(12)13)16(14,15)8-5-3-7(11)4-6-8/h3-6H,1-2H3,(H,12,13). The predicted octanol–water partition coefficient (Wildman–Crippen LogP) is 1.46. The molecule has 0 radical (unpaired) electrons. The third kappa shape index (κ3) is 1.92. The minimum absolute atomic E-state index is 0.207. The predicted molar refractivity (Wildman–Crippen MR) is 55.3 cm³/mol. The third-order valence-corrected chi connectivity index (χ3v) is 4.72. The molecule has 0 saturated carbocycles. The van der Waals surface area contributed by atoms with Crippen LogP contribution < -0.4 is 0 Å². The topological polar surface area (TPSA) is 71.4 Å². The molecular weight excluding hydrogens is 235 g/mol. The highest BCUT2D eigenvalue weighted by Crippen LogP contribution is 2.25. The maximum absolute atomic E-state index is 12.6. The molecule has 1 aromatic rings. The van der Waals surface area contributed by atoms with Gasteiger partial charge in [-0.1, -0.05) is 0 Å². The minimum atomic E-state index is -4.02. The summed E-state index contributed by atoms with van der Waals surface area (Å²) in [7, 11) is -4.02. The van der Waals surface area contributed by atoms with E-state index in [0.717, 1.165) is 38.1 Å². The Morgan fingerprint density at radius 2 is 1.69 bits per heavy atom.